The van der Waals surface area contributed by atoms with Crippen molar-refractivity contribution in [2.75, 3.05) is 62.7 Å². The summed E-state index contributed by atoms with van der Waals surface area (Å²) in [6.07, 6.45) is 1.46. The molecular weight excluding hydrogens is 516 g/mol. The van der Waals surface area contributed by atoms with Crippen LogP contribution in [0, 0.1) is 6.57 Å². The molecule has 2 atom stereocenters. The number of anilines is 2. The lowest BCUT2D eigenvalue weighted by molar-refractivity contribution is -0.128. The molecule has 1 aromatic heterocycles. The maximum atomic E-state index is 13.8. The molecule has 0 radical (unpaired) electrons. The number of aromatic nitrogens is 2. The summed E-state index contributed by atoms with van der Waals surface area (Å²) >= 11 is 0. The molecule has 1 aromatic carbocycles. The summed E-state index contributed by atoms with van der Waals surface area (Å²) in [7, 11) is 2.08. The Morgan fingerprint density at radius 3 is 2.75 bits per heavy atom. The number of benzene rings is 1. The van der Waals surface area contributed by atoms with E-state index in [0.717, 1.165) is 36.5 Å². The highest BCUT2D eigenvalue weighted by Crippen LogP contribution is 2.35. The molecule has 5 rings (SSSR count). The van der Waals surface area contributed by atoms with Gasteiger partial charge in [-0.25, -0.2) is 15.4 Å². The Labute approximate surface area is 233 Å². The molecule has 4 heterocycles. The number of carbonyl (C=O) groups is 1. The Bertz CT molecular complexity index is 1280. The van der Waals surface area contributed by atoms with Crippen LogP contribution in [0.4, 0.5) is 20.3 Å². The van der Waals surface area contributed by atoms with Crippen molar-refractivity contribution in [2.45, 2.75) is 44.3 Å². The van der Waals surface area contributed by atoms with Crippen molar-refractivity contribution in [1.82, 2.24) is 19.8 Å². The SMILES string of the molecule is [C-]#[N+]CC1CN(c2nc(OC[C@@H]3CCCN3C)nc3c2CCN(c2ccccc2C(F)F)C3)CCN1C(=O)C=C. The van der Waals surface area contributed by atoms with Gasteiger partial charge in [-0.15, -0.1) is 0 Å². The number of para-hydroxylation sites is 1. The molecule has 0 saturated carbocycles. The number of nitrogens with zero attached hydrogens (tertiary/aromatic N) is 7. The number of hydrogen-bond acceptors (Lipinski definition) is 7. The van der Waals surface area contributed by atoms with Gasteiger partial charge in [0.15, 0.2) is 0 Å². The Balaban J connectivity index is 1.46. The maximum Gasteiger partial charge on any atom is 0.318 e. The summed E-state index contributed by atoms with van der Waals surface area (Å²) in [6, 6.07) is 6.86. The molecule has 9 nitrogen and oxygen atoms in total. The predicted octanol–water partition coefficient (Wildman–Crippen LogP) is 3.57. The molecule has 1 unspecified atom stereocenters. The van der Waals surface area contributed by atoms with Gasteiger partial charge in [-0.3, -0.25) is 4.79 Å². The van der Waals surface area contributed by atoms with Gasteiger partial charge in [0, 0.05) is 49.0 Å². The van der Waals surface area contributed by atoms with E-state index in [2.05, 4.69) is 28.3 Å². The van der Waals surface area contributed by atoms with E-state index in [9.17, 15) is 13.6 Å². The number of likely N-dealkylation sites (tertiary alicyclic amines) is 1. The highest BCUT2D eigenvalue weighted by Gasteiger charge is 2.35. The summed E-state index contributed by atoms with van der Waals surface area (Å²) in [5.41, 5.74) is 2.22. The number of alkyl halides is 2. The molecule has 0 bridgehead atoms. The molecular formula is C29H35F2N7O2. The first-order valence-corrected chi connectivity index (χ1v) is 13.8. The van der Waals surface area contributed by atoms with Crippen LogP contribution in [0.3, 0.4) is 0 Å². The zero-order valence-electron chi connectivity index (χ0n) is 22.8. The molecule has 1 amide bonds. The van der Waals surface area contributed by atoms with Crippen molar-refractivity contribution < 1.29 is 18.3 Å². The van der Waals surface area contributed by atoms with Crippen LogP contribution in [0.5, 0.6) is 6.01 Å². The van der Waals surface area contributed by atoms with Crippen LogP contribution in [0.2, 0.25) is 0 Å². The lowest BCUT2D eigenvalue weighted by atomic mass is 10.0. The largest absolute Gasteiger partial charge is 0.462 e. The van der Waals surface area contributed by atoms with Gasteiger partial charge in [0.2, 0.25) is 12.5 Å². The van der Waals surface area contributed by atoms with Gasteiger partial charge < -0.3 is 29.2 Å². The maximum absolute atomic E-state index is 13.8. The van der Waals surface area contributed by atoms with Gasteiger partial charge in [-0.1, -0.05) is 24.8 Å². The van der Waals surface area contributed by atoms with Crippen molar-refractivity contribution in [1.29, 1.82) is 0 Å². The third kappa shape index (κ3) is 5.72. The molecule has 3 aliphatic heterocycles. The highest BCUT2D eigenvalue weighted by molar-refractivity contribution is 5.87. The van der Waals surface area contributed by atoms with E-state index < -0.39 is 6.43 Å². The minimum absolute atomic E-state index is 0.00553. The third-order valence-electron chi connectivity index (χ3n) is 8.15. The number of piperazine rings is 1. The second kappa shape index (κ2) is 12.2. The van der Waals surface area contributed by atoms with Gasteiger partial charge in [0.25, 0.3) is 6.43 Å². The topological polar surface area (TPSA) is 69.4 Å². The van der Waals surface area contributed by atoms with E-state index in [1.165, 1.54) is 12.1 Å². The molecule has 0 spiro atoms. The number of hydrogen-bond donors (Lipinski definition) is 0. The number of rotatable bonds is 8. The fraction of sp³-hybridized carbons (Fsp3) is 0.517. The Morgan fingerprint density at radius 2 is 2.02 bits per heavy atom. The first kappa shape index (κ1) is 27.8. The number of amides is 1. The fourth-order valence-electron chi connectivity index (χ4n) is 5.96. The zero-order chi connectivity index (χ0) is 28.2. The van der Waals surface area contributed by atoms with Crippen LogP contribution in [0.1, 0.15) is 36.1 Å². The van der Waals surface area contributed by atoms with E-state index in [4.69, 9.17) is 21.3 Å². The van der Waals surface area contributed by atoms with Crippen molar-refractivity contribution in [3.8, 4) is 6.01 Å². The molecule has 3 aliphatic rings. The van der Waals surface area contributed by atoms with Crippen LogP contribution < -0.4 is 14.5 Å². The number of fused-ring (bicyclic) bond motifs is 1. The first-order valence-electron chi connectivity index (χ1n) is 13.8. The van der Waals surface area contributed by atoms with Crippen LogP contribution in [0.25, 0.3) is 4.85 Å². The Morgan fingerprint density at radius 1 is 1.20 bits per heavy atom. The summed E-state index contributed by atoms with van der Waals surface area (Å²) in [5.74, 6) is 0.554. The number of halogens is 2. The fourth-order valence-corrected chi connectivity index (χ4v) is 5.96. The number of ether oxygens (including phenoxy) is 1. The lowest BCUT2D eigenvalue weighted by Gasteiger charge is -2.41. The van der Waals surface area contributed by atoms with Crippen molar-refractivity contribution >= 4 is 17.4 Å². The third-order valence-corrected chi connectivity index (χ3v) is 8.15. The minimum Gasteiger partial charge on any atom is -0.462 e. The van der Waals surface area contributed by atoms with Crippen molar-refractivity contribution in [2.24, 2.45) is 0 Å². The number of likely N-dealkylation sites (N-methyl/N-ethyl adjacent to an activating group) is 1. The molecule has 11 heteroatoms. The second-order valence-corrected chi connectivity index (χ2v) is 10.6. The van der Waals surface area contributed by atoms with E-state index >= 15 is 0 Å². The summed E-state index contributed by atoms with van der Waals surface area (Å²) < 4.78 is 33.8. The Hall–Kier alpha value is -3.78. The monoisotopic (exact) mass is 551 g/mol. The van der Waals surface area contributed by atoms with Gasteiger partial charge in [-0.2, -0.15) is 9.97 Å². The van der Waals surface area contributed by atoms with Crippen LogP contribution in [0.15, 0.2) is 36.9 Å². The molecule has 2 saturated heterocycles. The van der Waals surface area contributed by atoms with Gasteiger partial charge in [0.1, 0.15) is 18.5 Å². The van der Waals surface area contributed by atoms with Crippen molar-refractivity contribution in [3.63, 3.8) is 0 Å². The van der Waals surface area contributed by atoms with Gasteiger partial charge in [-0.05, 0) is 45.0 Å². The molecule has 2 fully saturated rings. The van der Waals surface area contributed by atoms with Crippen molar-refractivity contribution in [3.05, 3.63) is 65.2 Å². The quantitative estimate of drug-likeness (QED) is 0.367. The summed E-state index contributed by atoms with van der Waals surface area (Å²) in [6.45, 7) is 15.0. The summed E-state index contributed by atoms with van der Waals surface area (Å²) in [5, 5.41) is 0. The highest BCUT2D eigenvalue weighted by atomic mass is 19.3. The first-order chi connectivity index (χ1) is 19.4. The standard InChI is InChI=1S/C29H35F2N7O2/c1-4-26(39)38-15-14-37(17-21(38)16-32-2)28-22-11-13-36(25-10-6-5-9-23(25)27(30)31)18-24(22)33-29(34-28)40-19-20-8-7-12-35(20)3/h4-6,9-10,20-21,27H,1,7-8,11-19H2,3H3/t20-,21?/m0/s1. The smallest absolute Gasteiger partial charge is 0.318 e. The molecule has 212 valence electrons. The normalized spacial score (nSPS) is 21.3. The molecule has 2 aromatic rings. The van der Waals surface area contributed by atoms with Gasteiger partial charge in [0.05, 0.1) is 12.2 Å². The lowest BCUT2D eigenvalue weighted by Crippen LogP contribution is -2.56. The van der Waals surface area contributed by atoms with Crippen LogP contribution >= 0.6 is 0 Å². The second-order valence-electron chi connectivity index (χ2n) is 10.6. The van der Waals surface area contributed by atoms with Crippen LogP contribution in [-0.4, -0.2) is 90.7 Å². The Kier molecular flexibility index (Phi) is 8.45. The van der Waals surface area contributed by atoms with Gasteiger partial charge >= 0.3 is 6.01 Å². The minimum atomic E-state index is -2.57. The van der Waals surface area contributed by atoms with E-state index in [1.807, 2.05) is 4.90 Å². The molecule has 0 aliphatic carbocycles. The molecule has 0 N–H and O–H groups in total. The van der Waals surface area contributed by atoms with E-state index in [0.29, 0.717) is 51.4 Å². The zero-order valence-corrected chi connectivity index (χ0v) is 22.8. The van der Waals surface area contributed by atoms with Crippen LogP contribution in [-0.2, 0) is 17.8 Å². The average molecular weight is 552 g/mol. The average Bonchev–Trinajstić information content (AvgIpc) is 3.39. The van der Waals surface area contributed by atoms with E-state index in [1.54, 1.807) is 23.1 Å². The molecule has 40 heavy (non-hydrogen) atoms. The number of carbonyl (C=O) groups excluding carboxylic acids is 1. The van der Waals surface area contributed by atoms with E-state index in [-0.39, 0.29) is 36.1 Å². The predicted molar refractivity (Wildman–Crippen MR) is 149 cm³/mol. The summed E-state index contributed by atoms with van der Waals surface area (Å²) in [4.78, 5) is 33.7.